The van der Waals surface area contributed by atoms with Crippen LogP contribution in [0.5, 0.6) is 11.5 Å². The summed E-state index contributed by atoms with van der Waals surface area (Å²) in [6.45, 7) is 2.17. The number of halogens is 1. The summed E-state index contributed by atoms with van der Waals surface area (Å²) in [6.07, 6.45) is 0.0206. The Kier molecular flexibility index (Phi) is 8.92. The lowest BCUT2D eigenvalue weighted by molar-refractivity contribution is -0.139. The van der Waals surface area contributed by atoms with E-state index in [-0.39, 0.29) is 31.3 Å². The minimum atomic E-state index is -0.733. The molecule has 0 saturated heterocycles. The van der Waals surface area contributed by atoms with Gasteiger partial charge in [-0.2, -0.15) is 0 Å². The Hall–Kier alpha value is -4.57. The van der Waals surface area contributed by atoms with Gasteiger partial charge in [0.05, 0.1) is 44.6 Å². The summed E-state index contributed by atoms with van der Waals surface area (Å²) in [5.74, 6) is 0.0156. The van der Waals surface area contributed by atoms with Gasteiger partial charge in [-0.1, -0.05) is 54.2 Å². The van der Waals surface area contributed by atoms with Crippen LogP contribution in [-0.2, 0) is 20.9 Å². The average Bonchev–Trinajstić information content (AvgIpc) is 3.42. The highest BCUT2D eigenvalue weighted by molar-refractivity contribution is 8.16. The summed E-state index contributed by atoms with van der Waals surface area (Å²) in [7, 11) is 3.13. The molecule has 3 aromatic carbocycles. The molecule has 2 heterocycles. The number of carbonyl (C=O) groups excluding carboxylic acids is 2. The van der Waals surface area contributed by atoms with Crippen LogP contribution in [0.1, 0.15) is 36.1 Å². The standard InChI is InChI=1S/C32H30FN3O5S/c1-4-41-31(38)28-29(21-8-6-5-7-9-21)35-32-36(30(28)25-17-24(39-2)14-15-26(25)40-3)23(19-42-32)16-27(37)34-18-20-10-12-22(33)13-11-20/h5-15,17,19,30H,4,16,18H2,1-3H3,(H,34,37). The van der Waals surface area contributed by atoms with E-state index >= 15 is 0 Å². The number of carbonyl (C=O) groups is 2. The topological polar surface area (TPSA) is 89.5 Å². The van der Waals surface area contributed by atoms with Gasteiger partial charge >= 0.3 is 5.97 Å². The first kappa shape index (κ1) is 28.9. The van der Waals surface area contributed by atoms with Gasteiger partial charge < -0.3 is 24.4 Å². The van der Waals surface area contributed by atoms with Gasteiger partial charge in [0.25, 0.3) is 0 Å². The van der Waals surface area contributed by atoms with Crippen LogP contribution in [0.3, 0.4) is 0 Å². The largest absolute Gasteiger partial charge is 0.497 e. The number of hydrogen-bond acceptors (Lipinski definition) is 8. The van der Waals surface area contributed by atoms with Crippen molar-refractivity contribution in [2.75, 3.05) is 20.8 Å². The van der Waals surface area contributed by atoms with Gasteiger partial charge in [0, 0.05) is 23.4 Å². The molecule has 0 radical (unpaired) electrons. The third kappa shape index (κ3) is 6.03. The Morgan fingerprint density at radius 3 is 2.48 bits per heavy atom. The van der Waals surface area contributed by atoms with Crippen LogP contribution in [0.15, 0.2) is 94.5 Å². The fourth-order valence-corrected chi connectivity index (χ4v) is 5.78. The van der Waals surface area contributed by atoms with Gasteiger partial charge in [0.15, 0.2) is 5.17 Å². The van der Waals surface area contributed by atoms with E-state index in [4.69, 9.17) is 19.2 Å². The molecule has 1 N–H and O–H groups in total. The maximum atomic E-state index is 13.7. The molecule has 10 heteroatoms. The molecular formula is C32H30FN3O5S. The van der Waals surface area contributed by atoms with E-state index in [0.717, 1.165) is 11.1 Å². The van der Waals surface area contributed by atoms with E-state index in [1.165, 1.54) is 23.9 Å². The van der Waals surface area contributed by atoms with Crippen LogP contribution in [0.2, 0.25) is 0 Å². The third-order valence-electron chi connectivity index (χ3n) is 6.83. The first-order valence-electron chi connectivity index (χ1n) is 13.4. The van der Waals surface area contributed by atoms with Crippen molar-refractivity contribution < 1.29 is 28.2 Å². The van der Waals surface area contributed by atoms with E-state index in [2.05, 4.69) is 5.32 Å². The average molecular weight is 588 g/mol. The Labute approximate surface area is 247 Å². The molecule has 0 saturated carbocycles. The molecule has 0 bridgehead atoms. The maximum absolute atomic E-state index is 13.7. The highest BCUT2D eigenvalue weighted by Crippen LogP contribution is 2.49. The second kappa shape index (κ2) is 12.9. The first-order valence-corrected chi connectivity index (χ1v) is 14.2. The summed E-state index contributed by atoms with van der Waals surface area (Å²) in [5, 5.41) is 5.38. The molecule has 0 spiro atoms. The van der Waals surface area contributed by atoms with Gasteiger partial charge in [0.1, 0.15) is 17.3 Å². The number of hydrogen-bond donors (Lipinski definition) is 1. The molecule has 8 nitrogen and oxygen atoms in total. The van der Waals surface area contributed by atoms with Crippen molar-refractivity contribution in [2.45, 2.75) is 25.9 Å². The molecule has 3 aromatic rings. The highest BCUT2D eigenvalue weighted by atomic mass is 32.2. The second-order valence-electron chi connectivity index (χ2n) is 9.43. The van der Waals surface area contributed by atoms with Crippen LogP contribution in [0.25, 0.3) is 5.70 Å². The smallest absolute Gasteiger partial charge is 0.338 e. The van der Waals surface area contributed by atoms with Crippen molar-refractivity contribution >= 4 is 34.5 Å². The van der Waals surface area contributed by atoms with Crippen molar-refractivity contribution in [3.05, 3.63) is 112 Å². The SMILES string of the molecule is CCOC(=O)C1=C(c2ccccc2)N=C2SC=C(CC(=O)NCc3ccc(F)cc3)N2C1c1cc(OC)ccc1OC. The maximum Gasteiger partial charge on any atom is 0.338 e. The summed E-state index contributed by atoms with van der Waals surface area (Å²) in [4.78, 5) is 33.7. The van der Waals surface area contributed by atoms with Gasteiger partial charge in [-0.3, -0.25) is 4.79 Å². The van der Waals surface area contributed by atoms with Crippen LogP contribution in [-0.4, -0.2) is 42.8 Å². The number of fused-ring (bicyclic) bond motifs is 1. The lowest BCUT2D eigenvalue weighted by Gasteiger charge is -2.37. The van der Waals surface area contributed by atoms with Crippen molar-refractivity contribution in [3.63, 3.8) is 0 Å². The number of rotatable bonds is 10. The van der Waals surface area contributed by atoms with E-state index in [9.17, 15) is 14.0 Å². The van der Waals surface area contributed by atoms with Crippen molar-refractivity contribution in [2.24, 2.45) is 4.99 Å². The number of ether oxygens (including phenoxy) is 3. The second-order valence-corrected chi connectivity index (χ2v) is 10.3. The Morgan fingerprint density at radius 1 is 1.02 bits per heavy atom. The molecule has 0 aromatic heterocycles. The van der Waals surface area contributed by atoms with Crippen molar-refractivity contribution in [3.8, 4) is 11.5 Å². The van der Waals surface area contributed by atoms with Crippen LogP contribution < -0.4 is 14.8 Å². The highest BCUT2D eigenvalue weighted by Gasteiger charge is 2.43. The summed E-state index contributed by atoms with van der Waals surface area (Å²) in [5.41, 5.74) is 3.64. The van der Waals surface area contributed by atoms with E-state index in [1.807, 2.05) is 46.7 Å². The Bertz CT molecular complexity index is 1570. The molecule has 216 valence electrons. The Morgan fingerprint density at radius 2 is 1.79 bits per heavy atom. The number of methoxy groups -OCH3 is 2. The van der Waals surface area contributed by atoms with E-state index < -0.39 is 12.0 Å². The number of benzene rings is 3. The van der Waals surface area contributed by atoms with Crippen LogP contribution >= 0.6 is 11.8 Å². The summed E-state index contributed by atoms with van der Waals surface area (Å²) < 4.78 is 30.2. The zero-order chi connectivity index (χ0) is 29.6. The lowest BCUT2D eigenvalue weighted by Crippen LogP contribution is -2.38. The number of aliphatic imine (C=N–C) groups is 1. The van der Waals surface area contributed by atoms with E-state index in [0.29, 0.717) is 39.2 Å². The van der Waals surface area contributed by atoms with Crippen LogP contribution in [0.4, 0.5) is 4.39 Å². The van der Waals surface area contributed by atoms with E-state index in [1.54, 1.807) is 45.4 Å². The molecule has 1 amide bonds. The predicted molar refractivity (Wildman–Crippen MR) is 160 cm³/mol. The monoisotopic (exact) mass is 587 g/mol. The lowest BCUT2D eigenvalue weighted by atomic mass is 9.90. The fraction of sp³-hybridized carbons (Fsp3) is 0.219. The molecule has 0 aliphatic carbocycles. The first-order chi connectivity index (χ1) is 20.4. The number of esters is 1. The van der Waals surface area contributed by atoms with Crippen molar-refractivity contribution in [1.82, 2.24) is 10.2 Å². The zero-order valence-corrected chi connectivity index (χ0v) is 24.2. The number of nitrogens with zero attached hydrogens (tertiary/aromatic N) is 2. The molecule has 1 unspecified atom stereocenters. The minimum Gasteiger partial charge on any atom is -0.497 e. The Balaban J connectivity index is 1.57. The molecule has 0 fully saturated rings. The third-order valence-corrected chi connectivity index (χ3v) is 7.72. The number of amidine groups is 1. The number of nitrogens with one attached hydrogen (secondary N) is 1. The van der Waals surface area contributed by atoms with Gasteiger partial charge in [-0.05, 0) is 48.2 Å². The van der Waals surface area contributed by atoms with Crippen LogP contribution in [0, 0.1) is 5.82 Å². The number of amides is 1. The quantitative estimate of drug-likeness (QED) is 0.299. The normalized spacial score (nSPS) is 15.9. The number of thioether (sulfide) groups is 1. The van der Waals surface area contributed by atoms with Gasteiger partial charge in [-0.15, -0.1) is 0 Å². The molecular weight excluding hydrogens is 557 g/mol. The van der Waals surface area contributed by atoms with Gasteiger partial charge in [-0.25, -0.2) is 14.2 Å². The molecule has 42 heavy (non-hydrogen) atoms. The van der Waals surface area contributed by atoms with Crippen molar-refractivity contribution in [1.29, 1.82) is 0 Å². The summed E-state index contributed by atoms with van der Waals surface area (Å²) in [6, 6.07) is 20.1. The predicted octanol–water partition coefficient (Wildman–Crippen LogP) is 5.82. The zero-order valence-electron chi connectivity index (χ0n) is 23.4. The molecule has 5 rings (SSSR count). The fourth-order valence-electron chi connectivity index (χ4n) is 4.87. The molecule has 2 aliphatic heterocycles. The minimum absolute atomic E-state index is 0.0206. The molecule has 1 atom stereocenters. The summed E-state index contributed by atoms with van der Waals surface area (Å²) >= 11 is 1.37. The van der Waals surface area contributed by atoms with Gasteiger partial charge in [0.2, 0.25) is 5.91 Å². The molecule has 2 aliphatic rings.